The summed E-state index contributed by atoms with van der Waals surface area (Å²) in [5.41, 5.74) is 3.66. The maximum atomic E-state index is 9.75. The zero-order valence-electron chi connectivity index (χ0n) is 17.5. The van der Waals surface area contributed by atoms with Crippen molar-refractivity contribution in [1.29, 1.82) is 0 Å². The number of hydrogen-bond donors (Lipinski definition) is 0. The van der Waals surface area contributed by atoms with E-state index in [1.54, 1.807) is 24.8 Å². The fraction of sp³-hybridized carbons (Fsp3) is 0. The Morgan fingerprint density at radius 3 is 0.657 bits per heavy atom. The molecule has 0 atom stereocenters. The van der Waals surface area contributed by atoms with Crippen molar-refractivity contribution >= 4 is 14.5 Å². The Morgan fingerprint density at radius 1 is 0.371 bits per heavy atom. The first-order valence-corrected chi connectivity index (χ1v) is 9.33. The Kier molecular flexibility index (Phi) is 14.8. The minimum atomic E-state index is -6.00. The van der Waals surface area contributed by atoms with Crippen LogP contribution >= 0.6 is 0 Å². The van der Waals surface area contributed by atoms with Gasteiger partial charge >= 0.3 is 31.6 Å². The third kappa shape index (κ3) is 18.8. The Labute approximate surface area is 206 Å². The second-order valence-corrected chi connectivity index (χ2v) is 5.85. The van der Waals surface area contributed by atoms with Gasteiger partial charge in [-0.3, -0.25) is 19.9 Å². The van der Waals surface area contributed by atoms with Crippen molar-refractivity contribution in [2.45, 2.75) is 0 Å². The molecule has 0 fully saturated rings. The van der Waals surface area contributed by atoms with Crippen LogP contribution in [0.15, 0.2) is 97.6 Å². The summed E-state index contributed by atoms with van der Waals surface area (Å²) in [6.07, 6.45) is 7.07. The summed E-state index contributed by atoms with van der Waals surface area (Å²) in [6.45, 7) is 0. The molecule has 4 heterocycles. The average Bonchev–Trinajstić information content (AvgIpc) is 2.80. The minimum absolute atomic E-state index is 0. The first kappa shape index (κ1) is 31.7. The zero-order chi connectivity index (χ0) is 25.5. The fourth-order valence-electron chi connectivity index (χ4n) is 2.06. The fourth-order valence-corrected chi connectivity index (χ4v) is 2.06. The number of nitrogens with zero attached hydrogens (tertiary/aromatic N) is 4. The Bertz CT molecular complexity index is 873. The molecule has 0 aromatic carbocycles. The van der Waals surface area contributed by atoms with Crippen molar-refractivity contribution in [3.8, 4) is 22.8 Å². The molecule has 189 valence electrons. The Balaban J connectivity index is 0.000000475. The predicted molar refractivity (Wildman–Crippen MR) is 115 cm³/mol. The minimum Gasteiger partial charge on any atom is -0.418 e. The van der Waals surface area contributed by atoms with Crippen molar-refractivity contribution in [1.82, 2.24) is 19.9 Å². The summed E-state index contributed by atoms with van der Waals surface area (Å²) < 4.78 is 78.0. The number of hydrogen-bond acceptors (Lipinski definition) is 4. The van der Waals surface area contributed by atoms with E-state index in [0.717, 1.165) is 22.8 Å². The summed E-state index contributed by atoms with van der Waals surface area (Å²) in [6, 6.07) is 23.2. The van der Waals surface area contributed by atoms with Crippen LogP contribution in [0.4, 0.5) is 34.5 Å². The molecule has 0 aliphatic heterocycles. The van der Waals surface area contributed by atoms with Gasteiger partial charge in [0.1, 0.15) is 0 Å². The maximum absolute atomic E-state index is 9.75. The van der Waals surface area contributed by atoms with E-state index in [2.05, 4.69) is 19.9 Å². The molecular formula is C20H16B2CuF8N4. The van der Waals surface area contributed by atoms with Gasteiger partial charge in [-0.05, 0) is 48.5 Å². The monoisotopic (exact) mass is 549 g/mol. The van der Waals surface area contributed by atoms with Gasteiger partial charge in [-0.1, -0.05) is 24.3 Å². The van der Waals surface area contributed by atoms with Crippen LogP contribution in [-0.4, -0.2) is 34.4 Å². The molecule has 15 heteroatoms. The predicted octanol–water partition coefficient (Wildman–Crippen LogP) is 6.88. The molecule has 4 nitrogen and oxygen atoms in total. The molecular weight excluding hydrogens is 533 g/mol. The van der Waals surface area contributed by atoms with Gasteiger partial charge in [-0.25, -0.2) is 0 Å². The molecule has 0 unspecified atom stereocenters. The summed E-state index contributed by atoms with van der Waals surface area (Å²) in [5, 5.41) is 0. The Hall–Kier alpha value is -3.31. The van der Waals surface area contributed by atoms with E-state index in [0.29, 0.717) is 0 Å². The Morgan fingerprint density at radius 2 is 0.543 bits per heavy atom. The van der Waals surface area contributed by atoms with Crippen LogP contribution in [0.1, 0.15) is 0 Å². The number of halogens is 8. The number of aromatic nitrogens is 4. The number of rotatable bonds is 2. The van der Waals surface area contributed by atoms with Gasteiger partial charge in [0.05, 0.1) is 22.8 Å². The van der Waals surface area contributed by atoms with Gasteiger partial charge < -0.3 is 34.5 Å². The summed E-state index contributed by atoms with van der Waals surface area (Å²) >= 11 is 0. The van der Waals surface area contributed by atoms with Gasteiger partial charge in [0.25, 0.3) is 0 Å². The van der Waals surface area contributed by atoms with E-state index in [-0.39, 0.29) is 17.1 Å². The molecule has 0 saturated carbocycles. The quantitative estimate of drug-likeness (QED) is 0.202. The molecule has 0 N–H and O–H groups in total. The first-order chi connectivity index (χ1) is 15.9. The van der Waals surface area contributed by atoms with E-state index < -0.39 is 14.5 Å². The SMILES string of the molecule is F[B-](F)(F)F.F[B-](F)(F)F.[Cu+2].c1ccc(-c2ccccn2)nc1.c1ccc(-c2ccccn2)nc1. The van der Waals surface area contributed by atoms with E-state index in [1.807, 2.05) is 72.8 Å². The third-order valence-corrected chi connectivity index (χ3v) is 3.18. The number of pyridine rings is 4. The van der Waals surface area contributed by atoms with Crippen molar-refractivity contribution in [3.05, 3.63) is 97.6 Å². The topological polar surface area (TPSA) is 51.6 Å². The second kappa shape index (κ2) is 16.3. The van der Waals surface area contributed by atoms with Gasteiger partial charge in [-0.15, -0.1) is 0 Å². The molecule has 0 bridgehead atoms. The van der Waals surface area contributed by atoms with Crippen LogP contribution in [0, 0.1) is 0 Å². The van der Waals surface area contributed by atoms with E-state index in [1.165, 1.54) is 0 Å². The first-order valence-electron chi connectivity index (χ1n) is 9.33. The molecule has 1 radical (unpaired) electrons. The van der Waals surface area contributed by atoms with Crippen LogP contribution in [-0.2, 0) is 17.1 Å². The molecule has 0 aliphatic rings. The molecule has 0 saturated heterocycles. The molecule has 4 aromatic heterocycles. The normalized spacial score (nSPS) is 10.1. The standard InChI is InChI=1S/2C10H8N2.2BF4.Cu/c2*1-3-7-11-9(5-1)10-6-2-4-8-12-10;2*2-1(3,4)5;/h2*1-8H;;;/q;;2*-1;+2. The van der Waals surface area contributed by atoms with Crippen LogP contribution in [0.2, 0.25) is 0 Å². The van der Waals surface area contributed by atoms with Gasteiger partial charge in [0.15, 0.2) is 0 Å². The summed E-state index contributed by atoms with van der Waals surface area (Å²) in [5.74, 6) is 0. The van der Waals surface area contributed by atoms with Crippen molar-refractivity contribution in [2.24, 2.45) is 0 Å². The van der Waals surface area contributed by atoms with E-state index in [4.69, 9.17) is 0 Å². The summed E-state index contributed by atoms with van der Waals surface area (Å²) in [7, 11) is -12.0. The molecule has 0 amide bonds. The largest absolute Gasteiger partial charge is 2.00 e. The van der Waals surface area contributed by atoms with Gasteiger partial charge in [0.2, 0.25) is 0 Å². The average molecular weight is 550 g/mol. The van der Waals surface area contributed by atoms with Crippen molar-refractivity contribution in [3.63, 3.8) is 0 Å². The molecule has 4 rings (SSSR count). The third-order valence-electron chi connectivity index (χ3n) is 3.18. The maximum Gasteiger partial charge on any atom is 2.00 e. The van der Waals surface area contributed by atoms with Crippen LogP contribution in [0.3, 0.4) is 0 Å². The van der Waals surface area contributed by atoms with Crippen LogP contribution in [0.25, 0.3) is 22.8 Å². The van der Waals surface area contributed by atoms with Crippen LogP contribution < -0.4 is 0 Å². The van der Waals surface area contributed by atoms with Crippen molar-refractivity contribution in [2.75, 3.05) is 0 Å². The van der Waals surface area contributed by atoms with E-state index >= 15 is 0 Å². The molecule has 0 spiro atoms. The molecule has 0 aliphatic carbocycles. The van der Waals surface area contributed by atoms with E-state index in [9.17, 15) is 34.5 Å². The molecule has 35 heavy (non-hydrogen) atoms. The zero-order valence-corrected chi connectivity index (χ0v) is 18.4. The molecule has 4 aromatic rings. The second-order valence-electron chi connectivity index (χ2n) is 5.85. The smallest absolute Gasteiger partial charge is 0.418 e. The van der Waals surface area contributed by atoms with Crippen molar-refractivity contribution < 1.29 is 51.6 Å². The van der Waals surface area contributed by atoms with Gasteiger partial charge in [-0.2, -0.15) is 0 Å². The van der Waals surface area contributed by atoms with Gasteiger partial charge in [0, 0.05) is 24.8 Å². The van der Waals surface area contributed by atoms with Crippen LogP contribution in [0.5, 0.6) is 0 Å². The summed E-state index contributed by atoms with van der Waals surface area (Å²) in [4.78, 5) is 16.7.